The van der Waals surface area contributed by atoms with Gasteiger partial charge < -0.3 is 5.32 Å². The first-order valence-corrected chi connectivity index (χ1v) is 6.61. The molecule has 0 radical (unpaired) electrons. The van der Waals surface area contributed by atoms with Gasteiger partial charge in [0.05, 0.1) is 6.42 Å². The first-order valence-electron chi connectivity index (χ1n) is 6.61. The van der Waals surface area contributed by atoms with Crippen LogP contribution in [0.15, 0.2) is 42.5 Å². The van der Waals surface area contributed by atoms with E-state index in [0.717, 1.165) is 5.56 Å². The number of carbonyl (C=O) groups excluding carboxylic acids is 2. The van der Waals surface area contributed by atoms with Crippen LogP contribution in [0.3, 0.4) is 0 Å². The first-order chi connectivity index (χ1) is 9.95. The standard InChI is InChI=1S/C17H16FNO2/c1-11-6-7-14(12(2)20)10-16(11)19-17(21)9-13-4-3-5-15(18)8-13/h3-8,10H,9H2,1-2H3,(H,19,21). The van der Waals surface area contributed by atoms with Crippen LogP contribution in [-0.2, 0) is 11.2 Å². The molecule has 2 rings (SSSR count). The summed E-state index contributed by atoms with van der Waals surface area (Å²) in [5, 5.41) is 2.76. The average Bonchev–Trinajstić information content (AvgIpc) is 2.41. The minimum atomic E-state index is -0.366. The van der Waals surface area contributed by atoms with E-state index in [9.17, 15) is 14.0 Å². The van der Waals surface area contributed by atoms with Crippen molar-refractivity contribution >= 4 is 17.4 Å². The molecule has 0 aliphatic heterocycles. The molecule has 0 saturated heterocycles. The number of amides is 1. The van der Waals surface area contributed by atoms with Crippen LogP contribution in [0.5, 0.6) is 0 Å². The fourth-order valence-corrected chi connectivity index (χ4v) is 2.00. The summed E-state index contributed by atoms with van der Waals surface area (Å²) in [5.41, 5.74) is 2.62. The third-order valence-electron chi connectivity index (χ3n) is 3.17. The SMILES string of the molecule is CC(=O)c1ccc(C)c(NC(=O)Cc2cccc(F)c2)c1. The minimum absolute atomic E-state index is 0.0596. The number of Topliss-reactive ketones (excluding diaryl/α,β-unsaturated/α-hetero) is 1. The maximum Gasteiger partial charge on any atom is 0.228 e. The van der Waals surface area contributed by atoms with E-state index in [4.69, 9.17) is 0 Å². The van der Waals surface area contributed by atoms with E-state index in [1.54, 1.807) is 30.3 Å². The smallest absolute Gasteiger partial charge is 0.228 e. The molecule has 0 aliphatic rings. The molecule has 0 aromatic heterocycles. The van der Waals surface area contributed by atoms with E-state index in [1.165, 1.54) is 19.1 Å². The van der Waals surface area contributed by atoms with Crippen molar-refractivity contribution in [2.75, 3.05) is 5.32 Å². The molecule has 0 saturated carbocycles. The van der Waals surface area contributed by atoms with Gasteiger partial charge in [0.2, 0.25) is 5.91 Å². The second-order valence-electron chi connectivity index (χ2n) is 4.94. The molecular formula is C17H16FNO2. The Morgan fingerprint density at radius 2 is 1.90 bits per heavy atom. The van der Waals surface area contributed by atoms with Gasteiger partial charge in [-0.1, -0.05) is 24.3 Å². The highest BCUT2D eigenvalue weighted by molar-refractivity contribution is 5.98. The number of hydrogen-bond acceptors (Lipinski definition) is 2. The summed E-state index contributed by atoms with van der Waals surface area (Å²) in [5.74, 6) is -0.671. The third-order valence-corrected chi connectivity index (χ3v) is 3.17. The second-order valence-corrected chi connectivity index (χ2v) is 4.94. The monoisotopic (exact) mass is 285 g/mol. The summed E-state index contributed by atoms with van der Waals surface area (Å²) in [6.07, 6.45) is 0.0848. The number of aryl methyl sites for hydroxylation is 1. The largest absolute Gasteiger partial charge is 0.326 e. The molecule has 0 atom stereocenters. The highest BCUT2D eigenvalue weighted by Gasteiger charge is 2.09. The molecule has 1 amide bonds. The number of benzene rings is 2. The fraction of sp³-hybridized carbons (Fsp3) is 0.176. The predicted octanol–water partition coefficient (Wildman–Crippen LogP) is 3.52. The van der Waals surface area contributed by atoms with Crippen LogP contribution in [0.2, 0.25) is 0 Å². The van der Waals surface area contributed by atoms with E-state index in [1.807, 2.05) is 6.92 Å². The van der Waals surface area contributed by atoms with Gasteiger partial charge in [-0.15, -0.1) is 0 Å². The summed E-state index contributed by atoms with van der Waals surface area (Å²) in [4.78, 5) is 23.4. The van der Waals surface area contributed by atoms with Gasteiger partial charge in [-0.05, 0) is 43.2 Å². The molecule has 3 nitrogen and oxygen atoms in total. The lowest BCUT2D eigenvalue weighted by atomic mass is 10.1. The molecule has 2 aromatic rings. The molecule has 0 bridgehead atoms. The van der Waals surface area contributed by atoms with Crippen molar-refractivity contribution < 1.29 is 14.0 Å². The first kappa shape index (κ1) is 14.9. The molecule has 0 aliphatic carbocycles. The Hall–Kier alpha value is -2.49. The maximum atomic E-state index is 13.1. The van der Waals surface area contributed by atoms with Crippen LogP contribution >= 0.6 is 0 Å². The predicted molar refractivity (Wildman–Crippen MR) is 79.9 cm³/mol. The normalized spacial score (nSPS) is 10.2. The van der Waals surface area contributed by atoms with Crippen LogP contribution in [0.1, 0.15) is 28.4 Å². The van der Waals surface area contributed by atoms with Gasteiger partial charge in [0, 0.05) is 11.3 Å². The summed E-state index contributed by atoms with van der Waals surface area (Å²) in [6.45, 7) is 3.32. The van der Waals surface area contributed by atoms with Crippen LogP contribution in [0.25, 0.3) is 0 Å². The van der Waals surface area contributed by atoms with E-state index >= 15 is 0 Å². The molecule has 21 heavy (non-hydrogen) atoms. The van der Waals surface area contributed by atoms with Crippen molar-refractivity contribution in [2.24, 2.45) is 0 Å². The lowest BCUT2D eigenvalue weighted by Crippen LogP contribution is -2.15. The molecular weight excluding hydrogens is 269 g/mol. The molecule has 4 heteroatoms. The van der Waals surface area contributed by atoms with Crippen molar-refractivity contribution in [1.82, 2.24) is 0 Å². The van der Waals surface area contributed by atoms with Crippen molar-refractivity contribution in [3.8, 4) is 0 Å². The summed E-state index contributed by atoms with van der Waals surface area (Å²) in [7, 11) is 0. The molecule has 1 N–H and O–H groups in total. The molecule has 0 spiro atoms. The average molecular weight is 285 g/mol. The minimum Gasteiger partial charge on any atom is -0.326 e. The molecule has 0 unspecified atom stereocenters. The third kappa shape index (κ3) is 3.99. The summed E-state index contributed by atoms with van der Waals surface area (Å²) in [6, 6.07) is 11.1. The highest BCUT2D eigenvalue weighted by Crippen LogP contribution is 2.18. The van der Waals surface area contributed by atoms with Crippen molar-refractivity contribution in [3.63, 3.8) is 0 Å². The van der Waals surface area contributed by atoms with Crippen molar-refractivity contribution in [2.45, 2.75) is 20.3 Å². The topological polar surface area (TPSA) is 46.2 Å². The quantitative estimate of drug-likeness (QED) is 0.874. The number of nitrogens with one attached hydrogen (secondary N) is 1. The van der Waals surface area contributed by atoms with E-state index < -0.39 is 0 Å². The zero-order valence-corrected chi connectivity index (χ0v) is 11.9. The number of carbonyl (C=O) groups is 2. The number of halogens is 1. The number of ketones is 1. The van der Waals surface area contributed by atoms with Gasteiger partial charge in [0.25, 0.3) is 0 Å². The molecule has 0 fully saturated rings. The van der Waals surface area contributed by atoms with Crippen LogP contribution in [-0.4, -0.2) is 11.7 Å². The van der Waals surface area contributed by atoms with Gasteiger partial charge in [0.15, 0.2) is 5.78 Å². The van der Waals surface area contributed by atoms with Crippen molar-refractivity contribution in [1.29, 1.82) is 0 Å². The van der Waals surface area contributed by atoms with Crippen LogP contribution in [0.4, 0.5) is 10.1 Å². The van der Waals surface area contributed by atoms with E-state index in [0.29, 0.717) is 16.8 Å². The van der Waals surface area contributed by atoms with E-state index in [2.05, 4.69) is 5.32 Å². The zero-order chi connectivity index (χ0) is 15.4. The van der Waals surface area contributed by atoms with Gasteiger partial charge in [-0.3, -0.25) is 9.59 Å². The Labute approximate surface area is 122 Å². The Balaban J connectivity index is 2.12. The fourth-order valence-electron chi connectivity index (χ4n) is 2.00. The van der Waals surface area contributed by atoms with Gasteiger partial charge in [-0.2, -0.15) is 0 Å². The van der Waals surface area contributed by atoms with Gasteiger partial charge in [-0.25, -0.2) is 4.39 Å². The van der Waals surface area contributed by atoms with Gasteiger partial charge in [0.1, 0.15) is 5.82 Å². The number of hydrogen-bond donors (Lipinski definition) is 1. The van der Waals surface area contributed by atoms with Gasteiger partial charge >= 0.3 is 0 Å². The molecule has 108 valence electrons. The number of rotatable bonds is 4. The van der Waals surface area contributed by atoms with E-state index in [-0.39, 0.29) is 23.9 Å². The Kier molecular flexibility index (Phi) is 4.48. The zero-order valence-electron chi connectivity index (χ0n) is 11.9. The van der Waals surface area contributed by atoms with Crippen molar-refractivity contribution in [3.05, 3.63) is 65.0 Å². The maximum absolute atomic E-state index is 13.1. The Morgan fingerprint density at radius 1 is 1.14 bits per heavy atom. The lowest BCUT2D eigenvalue weighted by Gasteiger charge is -2.10. The van der Waals surface area contributed by atoms with Crippen LogP contribution < -0.4 is 5.32 Å². The summed E-state index contributed by atoms with van der Waals surface area (Å²) < 4.78 is 13.1. The number of anilines is 1. The Morgan fingerprint density at radius 3 is 2.57 bits per heavy atom. The molecule has 2 aromatic carbocycles. The second kappa shape index (κ2) is 6.31. The van der Waals surface area contributed by atoms with Crippen LogP contribution in [0, 0.1) is 12.7 Å². The molecule has 0 heterocycles. The summed E-state index contributed by atoms with van der Waals surface area (Å²) >= 11 is 0. The Bertz CT molecular complexity index is 695. The lowest BCUT2D eigenvalue weighted by molar-refractivity contribution is -0.115. The highest BCUT2D eigenvalue weighted by atomic mass is 19.1.